The number of hydrogen-bond donors (Lipinski definition) is 1. The molecule has 1 aromatic carbocycles. The lowest BCUT2D eigenvalue weighted by Gasteiger charge is -2.12. The Kier molecular flexibility index (Phi) is 3.66. The van der Waals surface area contributed by atoms with Crippen molar-refractivity contribution in [2.24, 2.45) is 12.8 Å². The fourth-order valence-electron chi connectivity index (χ4n) is 1.53. The van der Waals surface area contributed by atoms with Gasteiger partial charge >= 0.3 is 0 Å². The lowest BCUT2D eigenvalue weighted by atomic mass is 10.0. The van der Waals surface area contributed by atoms with E-state index in [2.05, 4.69) is 55.8 Å². The van der Waals surface area contributed by atoms with Crippen molar-refractivity contribution in [1.82, 2.24) is 9.78 Å². The Morgan fingerprint density at radius 2 is 2.25 bits per heavy atom. The van der Waals surface area contributed by atoms with Gasteiger partial charge in [-0.25, -0.2) is 0 Å². The molecule has 0 saturated heterocycles. The lowest BCUT2D eigenvalue weighted by molar-refractivity contribution is 0.765. The average Bonchev–Trinajstić information content (AvgIpc) is 2.67. The second kappa shape index (κ2) is 4.85. The summed E-state index contributed by atoms with van der Waals surface area (Å²) in [6, 6.07) is 6.00. The molecule has 2 N–H and O–H groups in total. The molecule has 0 fully saturated rings. The molecule has 5 heteroatoms. The van der Waals surface area contributed by atoms with Gasteiger partial charge in [0.15, 0.2) is 0 Å². The smallest absolute Gasteiger partial charge is 0.0593 e. The molecule has 0 spiro atoms. The molecular formula is C11H11BrIN3. The van der Waals surface area contributed by atoms with Gasteiger partial charge in [0.1, 0.15) is 0 Å². The first-order chi connectivity index (χ1) is 7.58. The van der Waals surface area contributed by atoms with Crippen molar-refractivity contribution in [2.75, 3.05) is 0 Å². The molecule has 2 aromatic rings. The first-order valence-corrected chi connectivity index (χ1v) is 6.64. The summed E-state index contributed by atoms with van der Waals surface area (Å²) in [5.74, 6) is 0. The second-order valence-corrected chi connectivity index (χ2v) is 5.67. The summed E-state index contributed by atoms with van der Waals surface area (Å²) < 4.78 is 3.97. The van der Waals surface area contributed by atoms with Crippen molar-refractivity contribution in [3.8, 4) is 0 Å². The van der Waals surface area contributed by atoms with Crippen molar-refractivity contribution < 1.29 is 0 Å². The van der Waals surface area contributed by atoms with E-state index in [-0.39, 0.29) is 6.04 Å². The molecular weight excluding hydrogens is 381 g/mol. The van der Waals surface area contributed by atoms with Gasteiger partial charge in [-0.2, -0.15) is 5.10 Å². The maximum atomic E-state index is 6.22. The van der Waals surface area contributed by atoms with Crippen molar-refractivity contribution in [1.29, 1.82) is 0 Å². The highest BCUT2D eigenvalue weighted by molar-refractivity contribution is 14.1. The van der Waals surface area contributed by atoms with Gasteiger partial charge in [0.25, 0.3) is 0 Å². The maximum absolute atomic E-state index is 6.22. The molecule has 3 nitrogen and oxygen atoms in total. The minimum atomic E-state index is -0.127. The zero-order valence-corrected chi connectivity index (χ0v) is 12.4. The molecule has 84 valence electrons. The SMILES string of the molecule is Cn1cc(C(N)c2cc(Br)ccc2I)cn1. The minimum Gasteiger partial charge on any atom is -0.320 e. The molecule has 16 heavy (non-hydrogen) atoms. The Balaban J connectivity index is 2.40. The van der Waals surface area contributed by atoms with Crippen LogP contribution in [0.2, 0.25) is 0 Å². The summed E-state index contributed by atoms with van der Waals surface area (Å²) >= 11 is 5.76. The van der Waals surface area contributed by atoms with Crippen LogP contribution in [-0.4, -0.2) is 9.78 Å². The molecule has 0 radical (unpaired) electrons. The predicted molar refractivity (Wildman–Crippen MR) is 76.1 cm³/mol. The number of hydrogen-bond acceptors (Lipinski definition) is 2. The Labute approximate surface area is 116 Å². The van der Waals surface area contributed by atoms with Crippen molar-refractivity contribution in [3.63, 3.8) is 0 Å². The van der Waals surface area contributed by atoms with Crippen molar-refractivity contribution >= 4 is 38.5 Å². The number of aryl methyl sites for hydroxylation is 1. The third-order valence-electron chi connectivity index (χ3n) is 2.38. The zero-order valence-electron chi connectivity index (χ0n) is 8.69. The molecule has 0 bridgehead atoms. The number of nitrogens with zero attached hydrogens (tertiary/aromatic N) is 2. The molecule has 0 saturated carbocycles. The van der Waals surface area contributed by atoms with Gasteiger partial charge in [0.2, 0.25) is 0 Å². The highest BCUT2D eigenvalue weighted by Gasteiger charge is 2.13. The highest BCUT2D eigenvalue weighted by Crippen LogP contribution is 2.26. The Bertz CT molecular complexity index is 510. The van der Waals surface area contributed by atoms with E-state index in [9.17, 15) is 0 Å². The summed E-state index contributed by atoms with van der Waals surface area (Å²) in [5.41, 5.74) is 8.36. The summed E-state index contributed by atoms with van der Waals surface area (Å²) in [4.78, 5) is 0. The van der Waals surface area contributed by atoms with E-state index < -0.39 is 0 Å². The Morgan fingerprint density at radius 1 is 1.50 bits per heavy atom. The van der Waals surface area contributed by atoms with E-state index >= 15 is 0 Å². The number of benzene rings is 1. The zero-order chi connectivity index (χ0) is 11.7. The number of nitrogens with two attached hydrogens (primary N) is 1. The van der Waals surface area contributed by atoms with Gasteiger partial charge < -0.3 is 5.73 Å². The minimum absolute atomic E-state index is 0.127. The van der Waals surface area contributed by atoms with Crippen LogP contribution >= 0.6 is 38.5 Å². The topological polar surface area (TPSA) is 43.8 Å². The van der Waals surface area contributed by atoms with Crippen molar-refractivity contribution in [3.05, 3.63) is 49.8 Å². The molecule has 1 unspecified atom stereocenters. The van der Waals surface area contributed by atoms with Crippen LogP contribution in [0.1, 0.15) is 17.2 Å². The van der Waals surface area contributed by atoms with E-state index in [1.807, 2.05) is 25.5 Å². The van der Waals surface area contributed by atoms with Gasteiger partial charge in [-0.1, -0.05) is 15.9 Å². The summed E-state index contributed by atoms with van der Waals surface area (Å²) in [6.45, 7) is 0. The third-order valence-corrected chi connectivity index (χ3v) is 3.85. The molecule has 0 amide bonds. The van der Waals surface area contributed by atoms with Gasteiger partial charge in [0, 0.05) is 26.9 Å². The number of halogens is 2. The second-order valence-electron chi connectivity index (χ2n) is 3.59. The first kappa shape index (κ1) is 12.1. The molecule has 0 aliphatic heterocycles. The highest BCUT2D eigenvalue weighted by atomic mass is 127. The normalized spacial score (nSPS) is 12.8. The van der Waals surface area contributed by atoms with Gasteiger partial charge in [-0.05, 0) is 46.4 Å². The van der Waals surface area contributed by atoms with Crippen molar-refractivity contribution in [2.45, 2.75) is 6.04 Å². The van der Waals surface area contributed by atoms with Crippen LogP contribution in [0, 0.1) is 3.57 Å². The standard InChI is InChI=1S/C11H11BrIN3/c1-16-6-7(5-15-16)11(14)9-4-8(12)2-3-10(9)13/h2-6,11H,14H2,1H3. The Hall–Kier alpha value is -0.400. The predicted octanol–water partition coefficient (Wildman–Crippen LogP) is 2.84. The van der Waals surface area contributed by atoms with Gasteiger partial charge in [-0.15, -0.1) is 0 Å². The van der Waals surface area contributed by atoms with Crippen LogP contribution in [0.5, 0.6) is 0 Å². The largest absolute Gasteiger partial charge is 0.320 e. The number of aromatic nitrogens is 2. The quantitative estimate of drug-likeness (QED) is 0.800. The molecule has 2 rings (SSSR count). The first-order valence-electron chi connectivity index (χ1n) is 4.77. The maximum Gasteiger partial charge on any atom is 0.0593 e. The van der Waals surface area contributed by atoms with Crippen LogP contribution in [-0.2, 0) is 7.05 Å². The average molecular weight is 392 g/mol. The molecule has 1 atom stereocenters. The monoisotopic (exact) mass is 391 g/mol. The van der Waals surface area contributed by atoms with E-state index in [0.29, 0.717) is 0 Å². The van der Waals surface area contributed by atoms with Crippen LogP contribution in [0.25, 0.3) is 0 Å². The van der Waals surface area contributed by atoms with Crippen LogP contribution in [0.15, 0.2) is 35.1 Å². The molecule has 0 aliphatic rings. The van der Waals surface area contributed by atoms with E-state index in [4.69, 9.17) is 5.73 Å². The van der Waals surface area contributed by atoms with Gasteiger partial charge in [-0.3, -0.25) is 4.68 Å². The van der Waals surface area contributed by atoms with Crippen LogP contribution in [0.4, 0.5) is 0 Å². The molecule has 1 aromatic heterocycles. The molecule has 1 heterocycles. The Morgan fingerprint density at radius 3 is 2.88 bits per heavy atom. The van der Waals surface area contributed by atoms with E-state index in [1.165, 1.54) is 0 Å². The van der Waals surface area contributed by atoms with Crippen LogP contribution in [0.3, 0.4) is 0 Å². The lowest BCUT2D eigenvalue weighted by Crippen LogP contribution is -2.12. The van der Waals surface area contributed by atoms with Gasteiger partial charge in [0.05, 0.1) is 12.2 Å². The van der Waals surface area contributed by atoms with E-state index in [0.717, 1.165) is 19.2 Å². The fourth-order valence-corrected chi connectivity index (χ4v) is 2.58. The molecule has 0 aliphatic carbocycles. The fraction of sp³-hybridized carbons (Fsp3) is 0.182. The number of rotatable bonds is 2. The summed E-state index contributed by atoms with van der Waals surface area (Å²) in [6.07, 6.45) is 3.75. The van der Waals surface area contributed by atoms with Crippen LogP contribution < -0.4 is 5.73 Å². The summed E-state index contributed by atoms with van der Waals surface area (Å²) in [5, 5.41) is 4.14. The third kappa shape index (κ3) is 2.46. The summed E-state index contributed by atoms with van der Waals surface area (Å²) in [7, 11) is 1.89. The van der Waals surface area contributed by atoms with E-state index in [1.54, 1.807) is 4.68 Å².